The van der Waals surface area contributed by atoms with E-state index in [-0.39, 0.29) is 11.9 Å². The Kier molecular flexibility index (Phi) is 5.47. The summed E-state index contributed by atoms with van der Waals surface area (Å²) < 4.78 is 0. The van der Waals surface area contributed by atoms with Gasteiger partial charge >= 0.3 is 6.03 Å². The van der Waals surface area contributed by atoms with Gasteiger partial charge in [0.2, 0.25) is 0 Å². The van der Waals surface area contributed by atoms with Crippen LogP contribution in [0.3, 0.4) is 0 Å². The van der Waals surface area contributed by atoms with Gasteiger partial charge in [-0.2, -0.15) is 0 Å². The molecule has 5 aliphatic carbocycles. The maximum atomic E-state index is 13.5. The fraction of sp³-hybridized carbons (Fsp3) is 0.692. The van der Waals surface area contributed by atoms with Crippen molar-refractivity contribution in [1.29, 1.82) is 0 Å². The summed E-state index contributed by atoms with van der Waals surface area (Å²) in [6.45, 7) is 2.87. The van der Waals surface area contributed by atoms with Gasteiger partial charge in [-0.25, -0.2) is 4.79 Å². The van der Waals surface area contributed by atoms with Gasteiger partial charge in [0.05, 0.1) is 0 Å². The molecule has 1 aromatic carbocycles. The summed E-state index contributed by atoms with van der Waals surface area (Å²) in [5.74, 6) is 2.62. The van der Waals surface area contributed by atoms with Gasteiger partial charge in [0.25, 0.3) is 5.91 Å². The highest BCUT2D eigenvalue weighted by atomic mass is 16.2. The Balaban J connectivity index is 1.28. The molecule has 5 fully saturated rings. The van der Waals surface area contributed by atoms with Gasteiger partial charge in [0, 0.05) is 31.2 Å². The monoisotopic (exact) mass is 423 g/mol. The zero-order chi connectivity index (χ0) is 21.6. The van der Waals surface area contributed by atoms with Crippen LogP contribution in [0.4, 0.5) is 4.79 Å². The third-order valence-corrected chi connectivity index (χ3v) is 8.58. The Labute approximate surface area is 186 Å². The molecule has 0 radical (unpaired) electrons. The fourth-order valence-electron chi connectivity index (χ4n) is 7.38. The van der Waals surface area contributed by atoms with Crippen LogP contribution in [0.25, 0.3) is 0 Å². The third kappa shape index (κ3) is 4.08. The van der Waals surface area contributed by atoms with E-state index in [0.717, 1.165) is 42.6 Å². The number of hydrogen-bond acceptors (Lipinski definition) is 2. The first-order chi connectivity index (χ1) is 15.0. The van der Waals surface area contributed by atoms with Crippen LogP contribution in [-0.4, -0.2) is 36.0 Å². The maximum absolute atomic E-state index is 13.5. The minimum Gasteiger partial charge on any atom is -0.355 e. The average molecular weight is 424 g/mol. The largest absolute Gasteiger partial charge is 0.355 e. The number of urea groups is 1. The van der Waals surface area contributed by atoms with E-state index in [2.05, 4.69) is 17.6 Å². The van der Waals surface area contributed by atoms with Crippen LogP contribution >= 0.6 is 0 Å². The van der Waals surface area contributed by atoms with Gasteiger partial charge in [-0.1, -0.05) is 19.1 Å². The lowest BCUT2D eigenvalue weighted by atomic mass is 9.47. The predicted octanol–water partition coefficient (Wildman–Crippen LogP) is 4.72. The molecular weight excluding hydrogens is 386 g/mol. The van der Waals surface area contributed by atoms with Crippen LogP contribution in [0, 0.1) is 23.2 Å². The molecule has 1 atom stereocenters. The quantitative estimate of drug-likeness (QED) is 0.667. The van der Waals surface area contributed by atoms with Gasteiger partial charge in [-0.15, -0.1) is 0 Å². The van der Waals surface area contributed by atoms with Crippen molar-refractivity contribution in [3.05, 3.63) is 35.4 Å². The molecule has 0 aliphatic heterocycles. The number of hydrogen-bond donors (Lipinski definition) is 2. The van der Waals surface area contributed by atoms with E-state index in [1.807, 2.05) is 29.2 Å². The summed E-state index contributed by atoms with van der Waals surface area (Å²) in [5.41, 5.74) is 2.07. The van der Waals surface area contributed by atoms with Crippen LogP contribution in [0.1, 0.15) is 80.6 Å². The summed E-state index contributed by atoms with van der Waals surface area (Å²) in [7, 11) is 1.64. The van der Waals surface area contributed by atoms with Crippen LogP contribution in [-0.2, 0) is 6.54 Å². The Bertz CT molecular complexity index is 794. The standard InChI is InChI=1S/C26H37N3O2/c1-3-23(26-13-18-10-19(14-26)12-20(11-18)15-26)28-25(31)29(22-8-9-22)16-17-4-6-21(7-5-17)24(30)27-2/h4-7,18-20,22-23H,3,8-16H2,1-2H3,(H,27,30)(H,28,31)/t18?,19?,20?,23-,26?/m0/s1. The van der Waals surface area contributed by atoms with Gasteiger partial charge in [0.15, 0.2) is 0 Å². The summed E-state index contributed by atoms with van der Waals surface area (Å²) >= 11 is 0. The van der Waals surface area contributed by atoms with Crippen molar-refractivity contribution < 1.29 is 9.59 Å². The van der Waals surface area contributed by atoms with Crippen molar-refractivity contribution in [2.24, 2.45) is 23.2 Å². The van der Waals surface area contributed by atoms with Crippen molar-refractivity contribution in [3.63, 3.8) is 0 Å². The van der Waals surface area contributed by atoms with Crippen molar-refractivity contribution >= 4 is 11.9 Å². The molecular formula is C26H37N3O2. The lowest BCUT2D eigenvalue weighted by molar-refractivity contribution is -0.0727. The molecule has 0 saturated heterocycles. The Morgan fingerprint density at radius 1 is 1.03 bits per heavy atom. The molecule has 1 aromatic rings. The molecule has 5 nitrogen and oxygen atoms in total. The Morgan fingerprint density at radius 3 is 2.10 bits per heavy atom. The second-order valence-electron chi connectivity index (χ2n) is 10.8. The van der Waals surface area contributed by atoms with E-state index in [1.54, 1.807) is 7.05 Å². The van der Waals surface area contributed by atoms with Crippen molar-refractivity contribution in [3.8, 4) is 0 Å². The molecule has 4 bridgehead atoms. The molecule has 2 N–H and O–H groups in total. The zero-order valence-electron chi connectivity index (χ0n) is 19.0. The highest BCUT2D eigenvalue weighted by Crippen LogP contribution is 2.61. The molecule has 31 heavy (non-hydrogen) atoms. The van der Waals surface area contributed by atoms with Crippen molar-refractivity contribution in [1.82, 2.24) is 15.5 Å². The van der Waals surface area contributed by atoms with E-state index in [1.165, 1.54) is 38.5 Å². The van der Waals surface area contributed by atoms with E-state index >= 15 is 0 Å². The summed E-state index contributed by atoms with van der Waals surface area (Å²) in [6.07, 6.45) is 11.5. The first-order valence-corrected chi connectivity index (χ1v) is 12.4. The number of rotatable bonds is 7. The van der Waals surface area contributed by atoms with Gasteiger partial charge < -0.3 is 15.5 Å². The summed E-state index contributed by atoms with van der Waals surface area (Å²) in [5, 5.41) is 6.18. The molecule has 0 aromatic heterocycles. The minimum absolute atomic E-state index is 0.0790. The van der Waals surface area contributed by atoms with Crippen molar-refractivity contribution in [2.75, 3.05) is 7.05 Å². The average Bonchev–Trinajstić information content (AvgIpc) is 3.59. The van der Waals surface area contributed by atoms with Crippen LogP contribution < -0.4 is 10.6 Å². The number of carbonyl (C=O) groups excluding carboxylic acids is 2. The molecule has 0 heterocycles. The second-order valence-corrected chi connectivity index (χ2v) is 10.8. The van der Waals surface area contributed by atoms with Crippen LogP contribution in [0.15, 0.2) is 24.3 Å². The molecule has 5 heteroatoms. The molecule has 5 saturated carbocycles. The smallest absolute Gasteiger partial charge is 0.318 e. The number of nitrogens with zero attached hydrogens (tertiary/aromatic N) is 1. The Morgan fingerprint density at radius 2 is 1.61 bits per heavy atom. The lowest BCUT2D eigenvalue weighted by Crippen LogP contribution is -2.58. The number of benzene rings is 1. The maximum Gasteiger partial charge on any atom is 0.318 e. The number of nitrogens with one attached hydrogen (secondary N) is 2. The van der Waals surface area contributed by atoms with Crippen LogP contribution in [0.2, 0.25) is 0 Å². The lowest BCUT2D eigenvalue weighted by Gasteiger charge is -2.59. The van der Waals surface area contributed by atoms with E-state index < -0.39 is 0 Å². The van der Waals surface area contributed by atoms with Gasteiger partial charge in [0.1, 0.15) is 0 Å². The number of amides is 3. The van der Waals surface area contributed by atoms with E-state index in [4.69, 9.17) is 0 Å². The second kappa shape index (κ2) is 8.14. The molecule has 0 unspecified atom stereocenters. The molecule has 6 rings (SSSR count). The molecule has 0 spiro atoms. The normalized spacial score (nSPS) is 31.9. The first-order valence-electron chi connectivity index (χ1n) is 12.4. The fourth-order valence-corrected chi connectivity index (χ4v) is 7.38. The summed E-state index contributed by atoms with van der Waals surface area (Å²) in [6, 6.07) is 8.41. The first kappa shape index (κ1) is 20.8. The topological polar surface area (TPSA) is 61.4 Å². The van der Waals surface area contributed by atoms with Crippen molar-refractivity contribution in [2.45, 2.75) is 83.3 Å². The molecule has 3 amide bonds. The summed E-state index contributed by atoms with van der Waals surface area (Å²) in [4.78, 5) is 27.3. The zero-order valence-corrected chi connectivity index (χ0v) is 19.0. The van der Waals surface area contributed by atoms with Gasteiger partial charge in [-0.3, -0.25) is 4.79 Å². The number of carbonyl (C=O) groups is 2. The highest BCUT2D eigenvalue weighted by Gasteiger charge is 2.54. The molecule has 5 aliphatic rings. The molecule has 168 valence electrons. The Hall–Kier alpha value is -2.04. The van der Waals surface area contributed by atoms with Crippen LogP contribution in [0.5, 0.6) is 0 Å². The van der Waals surface area contributed by atoms with Gasteiger partial charge in [-0.05, 0) is 98.7 Å². The van der Waals surface area contributed by atoms with E-state index in [9.17, 15) is 9.59 Å². The third-order valence-electron chi connectivity index (χ3n) is 8.58. The minimum atomic E-state index is -0.0790. The highest BCUT2D eigenvalue weighted by molar-refractivity contribution is 5.93. The van der Waals surface area contributed by atoms with E-state index in [0.29, 0.717) is 29.6 Å². The SMILES string of the molecule is CC[C@H](NC(=O)N(Cc1ccc(C(=O)NC)cc1)C1CC1)C12CC3CC(CC(C3)C1)C2. The predicted molar refractivity (Wildman–Crippen MR) is 122 cm³/mol.